The van der Waals surface area contributed by atoms with E-state index in [0.29, 0.717) is 35.8 Å². The lowest BCUT2D eigenvalue weighted by molar-refractivity contribution is 0.0964. The van der Waals surface area contributed by atoms with Crippen LogP contribution < -0.4 is 10.0 Å². The van der Waals surface area contributed by atoms with Crippen molar-refractivity contribution >= 4 is 32.8 Å². The van der Waals surface area contributed by atoms with Crippen molar-refractivity contribution < 1.29 is 27.1 Å². The number of anilines is 1. The molecule has 0 saturated heterocycles. The summed E-state index contributed by atoms with van der Waals surface area (Å²) in [6.45, 7) is 1.76. The number of unbranched alkanes of at least 4 members (excludes halogenated alkanes) is 1. The number of benzene rings is 1. The van der Waals surface area contributed by atoms with Crippen molar-refractivity contribution in [2.75, 3.05) is 24.1 Å². The molecule has 3 N–H and O–H groups in total. The maximum atomic E-state index is 13.4. The first-order valence-electron chi connectivity index (χ1n) is 9.85. The molecule has 0 aliphatic heterocycles. The van der Waals surface area contributed by atoms with Gasteiger partial charge in [0, 0.05) is 19.2 Å². The number of aliphatic hydroxyl groups is 1. The van der Waals surface area contributed by atoms with Crippen LogP contribution in [0, 0.1) is 5.82 Å². The molecule has 0 aliphatic rings. The zero-order valence-corrected chi connectivity index (χ0v) is 18.1. The second-order valence-corrected chi connectivity index (χ2v) is 8.79. The maximum absolute atomic E-state index is 13.4. The number of rotatable bonds is 9. The van der Waals surface area contributed by atoms with E-state index >= 15 is 0 Å². The third-order valence-corrected chi connectivity index (χ3v) is 6.11. The van der Waals surface area contributed by atoms with Gasteiger partial charge < -0.3 is 14.8 Å². The van der Waals surface area contributed by atoms with Gasteiger partial charge in [-0.25, -0.2) is 12.8 Å². The molecule has 8 nitrogen and oxygen atoms in total. The molecule has 2 aromatic heterocycles. The zero-order valence-electron chi connectivity index (χ0n) is 17.2. The minimum atomic E-state index is -3.68. The van der Waals surface area contributed by atoms with Crippen LogP contribution in [-0.4, -0.2) is 43.8 Å². The van der Waals surface area contributed by atoms with Crippen molar-refractivity contribution in [3.8, 4) is 11.3 Å². The number of aliphatic hydroxyl groups excluding tert-OH is 1. The second-order valence-electron chi connectivity index (χ2n) is 6.95. The average Bonchev–Trinajstić information content (AvgIpc) is 3.11. The molecule has 2 heterocycles. The standard InChI is InChI=1S/C21H24FN3O5S/c1-3-13-12-16-17(20(27)23-2)18(14-6-8-15(22)9-7-14)30-21(16)24-19(13)25-31(28,29)11-5-4-10-26/h6-9,12,26H,3-5,10-11H2,1-2H3,(H,23,27)(H,24,25). The van der Waals surface area contributed by atoms with Gasteiger partial charge in [0.25, 0.3) is 5.91 Å². The molecular weight excluding hydrogens is 425 g/mol. The Balaban J connectivity index is 2.12. The van der Waals surface area contributed by atoms with Crippen molar-refractivity contribution in [2.45, 2.75) is 26.2 Å². The Morgan fingerprint density at radius 3 is 2.55 bits per heavy atom. The molecule has 0 fully saturated rings. The topological polar surface area (TPSA) is 122 Å². The average molecular weight is 450 g/mol. The molecular formula is C21H24FN3O5S. The first-order chi connectivity index (χ1) is 14.8. The molecule has 1 aromatic carbocycles. The molecule has 0 bridgehead atoms. The van der Waals surface area contributed by atoms with Crippen molar-refractivity contribution in [3.63, 3.8) is 0 Å². The van der Waals surface area contributed by atoms with Gasteiger partial charge in [-0.15, -0.1) is 0 Å². The first-order valence-corrected chi connectivity index (χ1v) is 11.5. The third-order valence-electron chi connectivity index (χ3n) is 4.78. The van der Waals surface area contributed by atoms with Gasteiger partial charge >= 0.3 is 0 Å². The Hall–Kier alpha value is -2.98. The number of fused-ring (bicyclic) bond motifs is 1. The number of amides is 1. The number of carbonyl (C=O) groups is 1. The van der Waals surface area contributed by atoms with Crippen molar-refractivity contribution in [3.05, 3.63) is 47.3 Å². The lowest BCUT2D eigenvalue weighted by Crippen LogP contribution is -2.19. The summed E-state index contributed by atoms with van der Waals surface area (Å²) in [7, 11) is -2.19. The van der Waals surface area contributed by atoms with Gasteiger partial charge in [0.2, 0.25) is 15.7 Å². The van der Waals surface area contributed by atoms with Crippen LogP contribution in [-0.2, 0) is 16.4 Å². The lowest BCUT2D eigenvalue weighted by Gasteiger charge is -2.11. The van der Waals surface area contributed by atoms with Gasteiger partial charge in [-0.1, -0.05) is 6.92 Å². The van der Waals surface area contributed by atoms with Gasteiger partial charge in [0.1, 0.15) is 17.4 Å². The van der Waals surface area contributed by atoms with Gasteiger partial charge in [0.05, 0.1) is 16.7 Å². The van der Waals surface area contributed by atoms with E-state index in [4.69, 9.17) is 9.52 Å². The van der Waals surface area contributed by atoms with Crippen LogP contribution in [0.2, 0.25) is 0 Å². The second kappa shape index (κ2) is 9.44. The number of aromatic nitrogens is 1. The molecule has 3 rings (SSSR count). The number of nitrogens with one attached hydrogen (secondary N) is 2. The Morgan fingerprint density at radius 1 is 1.23 bits per heavy atom. The van der Waals surface area contributed by atoms with Crippen LogP contribution in [0.15, 0.2) is 34.7 Å². The molecule has 0 radical (unpaired) electrons. The number of hydrogen-bond acceptors (Lipinski definition) is 6. The molecule has 1 amide bonds. The third kappa shape index (κ3) is 5.02. The van der Waals surface area contributed by atoms with Crippen molar-refractivity contribution in [1.29, 1.82) is 0 Å². The summed E-state index contributed by atoms with van der Waals surface area (Å²) in [5.41, 5.74) is 1.41. The molecule has 0 saturated carbocycles. The van der Waals surface area contributed by atoms with Gasteiger partial charge in [-0.3, -0.25) is 9.52 Å². The summed E-state index contributed by atoms with van der Waals surface area (Å²) >= 11 is 0. The molecule has 0 aliphatic carbocycles. The highest BCUT2D eigenvalue weighted by atomic mass is 32.2. The van der Waals surface area contributed by atoms with Crippen molar-refractivity contribution in [1.82, 2.24) is 10.3 Å². The van der Waals surface area contributed by atoms with Crippen LogP contribution in [0.4, 0.5) is 10.2 Å². The minimum absolute atomic E-state index is 0.0826. The van der Waals surface area contributed by atoms with Crippen LogP contribution in [0.5, 0.6) is 0 Å². The highest BCUT2D eigenvalue weighted by molar-refractivity contribution is 7.92. The SMILES string of the molecule is CCc1cc2c(C(=O)NC)c(-c3ccc(F)cc3)oc2nc1NS(=O)(=O)CCCCO. The summed E-state index contributed by atoms with van der Waals surface area (Å²) in [6, 6.07) is 7.17. The quantitative estimate of drug-likeness (QED) is 0.432. The van der Waals surface area contributed by atoms with E-state index in [2.05, 4.69) is 15.0 Å². The lowest BCUT2D eigenvalue weighted by atomic mass is 10.0. The highest BCUT2D eigenvalue weighted by Gasteiger charge is 2.24. The maximum Gasteiger partial charge on any atom is 0.255 e. The summed E-state index contributed by atoms with van der Waals surface area (Å²) in [4.78, 5) is 16.9. The summed E-state index contributed by atoms with van der Waals surface area (Å²) in [6.07, 6.45) is 1.15. The van der Waals surface area contributed by atoms with Gasteiger partial charge in [0.15, 0.2) is 0 Å². The number of furan rings is 1. The van der Waals surface area contributed by atoms with E-state index in [0.717, 1.165) is 0 Å². The predicted molar refractivity (Wildman–Crippen MR) is 116 cm³/mol. The summed E-state index contributed by atoms with van der Waals surface area (Å²) < 4.78 is 46.5. The summed E-state index contributed by atoms with van der Waals surface area (Å²) in [5, 5.41) is 11.9. The molecule has 0 spiro atoms. The number of carbonyl (C=O) groups excluding carboxylic acids is 1. The monoisotopic (exact) mass is 449 g/mol. The fraction of sp³-hybridized carbons (Fsp3) is 0.333. The first kappa shape index (κ1) is 22.7. The van der Waals surface area contributed by atoms with Gasteiger partial charge in [-0.05, 0) is 55.2 Å². The Bertz CT molecular complexity index is 1190. The van der Waals surface area contributed by atoms with Crippen molar-refractivity contribution in [2.24, 2.45) is 0 Å². The smallest absolute Gasteiger partial charge is 0.255 e. The summed E-state index contributed by atoms with van der Waals surface area (Å²) in [5.74, 6) is -0.641. The van der Waals surface area contributed by atoms with Crippen LogP contribution in [0.25, 0.3) is 22.4 Å². The minimum Gasteiger partial charge on any atom is -0.437 e. The van der Waals surface area contributed by atoms with E-state index in [9.17, 15) is 17.6 Å². The molecule has 166 valence electrons. The fourth-order valence-electron chi connectivity index (χ4n) is 3.18. The fourth-order valence-corrected chi connectivity index (χ4v) is 4.34. The number of nitrogens with zero attached hydrogens (tertiary/aromatic N) is 1. The molecule has 0 atom stereocenters. The normalized spacial score (nSPS) is 11.6. The van der Waals surface area contributed by atoms with E-state index in [1.54, 1.807) is 6.07 Å². The molecule has 31 heavy (non-hydrogen) atoms. The molecule has 0 unspecified atom stereocenters. The Morgan fingerprint density at radius 2 is 1.94 bits per heavy atom. The number of aryl methyl sites for hydroxylation is 1. The van der Waals surface area contributed by atoms with E-state index in [1.165, 1.54) is 31.3 Å². The zero-order chi connectivity index (χ0) is 22.6. The predicted octanol–water partition coefficient (Wildman–Crippen LogP) is 3.07. The van der Waals surface area contributed by atoms with Crippen LogP contribution in [0.1, 0.15) is 35.7 Å². The van der Waals surface area contributed by atoms with E-state index < -0.39 is 21.7 Å². The Labute approximate surface area is 179 Å². The molecule has 3 aromatic rings. The number of halogens is 1. The van der Waals surface area contributed by atoms with Crippen LogP contribution >= 0.6 is 0 Å². The molecule has 10 heteroatoms. The van der Waals surface area contributed by atoms with E-state index in [-0.39, 0.29) is 35.2 Å². The largest absolute Gasteiger partial charge is 0.437 e. The highest BCUT2D eigenvalue weighted by Crippen LogP contribution is 2.35. The Kier molecular flexibility index (Phi) is 6.91. The van der Waals surface area contributed by atoms with Crippen LogP contribution in [0.3, 0.4) is 0 Å². The number of sulfonamides is 1. The number of pyridine rings is 1. The number of hydrogen-bond donors (Lipinski definition) is 3. The van der Waals surface area contributed by atoms with E-state index in [1.807, 2.05) is 6.92 Å². The van der Waals surface area contributed by atoms with Gasteiger partial charge in [-0.2, -0.15) is 4.98 Å².